The molecule has 15 heavy (non-hydrogen) atoms. The fourth-order valence-corrected chi connectivity index (χ4v) is 2.11. The summed E-state index contributed by atoms with van der Waals surface area (Å²) in [5, 5.41) is 7.73. The van der Waals surface area contributed by atoms with E-state index in [0.717, 1.165) is 32.7 Å². The lowest BCUT2D eigenvalue weighted by atomic mass is 10.0. The minimum atomic E-state index is 0.252. The highest BCUT2D eigenvalue weighted by Gasteiger charge is 2.24. The molecule has 1 aromatic heterocycles. The fraction of sp³-hybridized carbons (Fsp3) is 0.727. The van der Waals surface area contributed by atoms with Crippen molar-refractivity contribution in [1.29, 1.82) is 0 Å². The van der Waals surface area contributed by atoms with Gasteiger partial charge in [0.2, 0.25) is 0 Å². The third-order valence-electron chi connectivity index (χ3n) is 2.85. The Balaban J connectivity index is 1.80. The Hall–Kier alpha value is -0.870. The van der Waals surface area contributed by atoms with Crippen LogP contribution in [0.4, 0.5) is 0 Å². The number of nitrogens with zero attached hydrogens (tertiary/aromatic N) is 3. The van der Waals surface area contributed by atoms with Crippen molar-refractivity contribution in [1.82, 2.24) is 20.0 Å². The summed E-state index contributed by atoms with van der Waals surface area (Å²) in [5.74, 6) is 0. The van der Waals surface area contributed by atoms with E-state index in [1.54, 1.807) is 0 Å². The van der Waals surface area contributed by atoms with Crippen LogP contribution >= 0.6 is 0 Å². The molecule has 1 aliphatic rings. The highest BCUT2D eigenvalue weighted by atomic mass is 15.3. The van der Waals surface area contributed by atoms with Gasteiger partial charge in [-0.15, -0.1) is 0 Å². The lowest BCUT2D eigenvalue weighted by Crippen LogP contribution is -2.57. The Morgan fingerprint density at radius 3 is 2.93 bits per heavy atom. The molecule has 0 aliphatic carbocycles. The summed E-state index contributed by atoms with van der Waals surface area (Å²) in [6.45, 7) is 9.95. The predicted molar refractivity (Wildman–Crippen MR) is 60.7 cm³/mol. The van der Waals surface area contributed by atoms with Gasteiger partial charge in [0.25, 0.3) is 0 Å². The average Bonchev–Trinajstić information content (AvgIpc) is 2.65. The molecule has 1 saturated heterocycles. The summed E-state index contributed by atoms with van der Waals surface area (Å²) in [7, 11) is 0. The van der Waals surface area contributed by atoms with E-state index in [4.69, 9.17) is 0 Å². The summed E-state index contributed by atoms with van der Waals surface area (Å²) in [6.07, 6.45) is 3.86. The Kier molecular flexibility index (Phi) is 3.07. The van der Waals surface area contributed by atoms with E-state index >= 15 is 0 Å². The molecule has 2 heterocycles. The second-order valence-electron chi connectivity index (χ2n) is 4.86. The predicted octanol–water partition coefficient (Wildman–Crippen LogP) is 0.567. The Labute approximate surface area is 91.3 Å². The van der Waals surface area contributed by atoms with Gasteiger partial charge in [-0.2, -0.15) is 5.10 Å². The third-order valence-corrected chi connectivity index (χ3v) is 2.85. The first-order valence-corrected chi connectivity index (χ1v) is 5.61. The van der Waals surface area contributed by atoms with Crippen molar-refractivity contribution < 1.29 is 0 Å². The monoisotopic (exact) mass is 208 g/mol. The maximum absolute atomic E-state index is 4.21. The molecule has 1 N–H and O–H groups in total. The zero-order chi connectivity index (χ0) is 10.7. The number of aromatic nitrogens is 2. The topological polar surface area (TPSA) is 33.1 Å². The van der Waals surface area contributed by atoms with E-state index in [2.05, 4.69) is 29.2 Å². The second kappa shape index (κ2) is 4.33. The molecule has 4 nitrogen and oxygen atoms in total. The molecule has 1 aliphatic heterocycles. The number of hydrogen-bond donors (Lipinski definition) is 1. The third kappa shape index (κ3) is 3.04. The molecular weight excluding hydrogens is 188 g/mol. The molecule has 0 aromatic carbocycles. The summed E-state index contributed by atoms with van der Waals surface area (Å²) >= 11 is 0. The van der Waals surface area contributed by atoms with Crippen LogP contribution in [0.1, 0.15) is 13.8 Å². The largest absolute Gasteiger partial charge is 0.309 e. The van der Waals surface area contributed by atoms with Crippen molar-refractivity contribution in [2.24, 2.45) is 0 Å². The highest BCUT2D eigenvalue weighted by molar-refractivity contribution is 4.86. The number of piperazine rings is 1. The first-order valence-electron chi connectivity index (χ1n) is 5.61. The fourth-order valence-electron chi connectivity index (χ4n) is 2.11. The van der Waals surface area contributed by atoms with Gasteiger partial charge >= 0.3 is 0 Å². The van der Waals surface area contributed by atoms with Crippen molar-refractivity contribution in [3.63, 3.8) is 0 Å². The van der Waals surface area contributed by atoms with Gasteiger partial charge in [-0.3, -0.25) is 9.58 Å². The number of nitrogens with one attached hydrogen (secondary N) is 1. The van der Waals surface area contributed by atoms with Crippen molar-refractivity contribution in [2.45, 2.75) is 25.9 Å². The van der Waals surface area contributed by atoms with E-state index in [-0.39, 0.29) is 5.54 Å². The highest BCUT2D eigenvalue weighted by Crippen LogP contribution is 2.09. The van der Waals surface area contributed by atoms with Crippen LogP contribution in [0.25, 0.3) is 0 Å². The molecule has 4 heteroatoms. The molecule has 0 saturated carbocycles. The summed E-state index contributed by atoms with van der Waals surface area (Å²) in [5.41, 5.74) is 0.252. The molecule has 0 bridgehead atoms. The van der Waals surface area contributed by atoms with Crippen molar-refractivity contribution in [2.75, 3.05) is 26.2 Å². The molecule has 0 atom stereocenters. The molecule has 0 spiro atoms. The smallest absolute Gasteiger partial charge is 0.0536 e. The van der Waals surface area contributed by atoms with E-state index in [1.807, 2.05) is 23.1 Å². The van der Waals surface area contributed by atoms with E-state index < -0.39 is 0 Å². The second-order valence-corrected chi connectivity index (χ2v) is 4.86. The van der Waals surface area contributed by atoms with Crippen LogP contribution in [-0.4, -0.2) is 46.4 Å². The lowest BCUT2D eigenvalue weighted by molar-refractivity contribution is 0.149. The summed E-state index contributed by atoms with van der Waals surface area (Å²) < 4.78 is 2.00. The maximum atomic E-state index is 4.21. The van der Waals surface area contributed by atoms with Crippen LogP contribution in [0.15, 0.2) is 18.5 Å². The van der Waals surface area contributed by atoms with E-state index in [0.29, 0.717) is 0 Å². The molecular formula is C11H20N4. The van der Waals surface area contributed by atoms with E-state index in [1.165, 1.54) is 0 Å². The van der Waals surface area contributed by atoms with Crippen LogP contribution < -0.4 is 5.32 Å². The van der Waals surface area contributed by atoms with Gasteiger partial charge < -0.3 is 5.32 Å². The van der Waals surface area contributed by atoms with Crippen molar-refractivity contribution >= 4 is 0 Å². The molecule has 1 fully saturated rings. The Bertz CT molecular complexity index is 292. The van der Waals surface area contributed by atoms with E-state index in [9.17, 15) is 0 Å². The van der Waals surface area contributed by atoms with Crippen LogP contribution in [0.5, 0.6) is 0 Å². The molecule has 0 amide bonds. The van der Waals surface area contributed by atoms with Gasteiger partial charge in [0, 0.05) is 44.1 Å². The van der Waals surface area contributed by atoms with Gasteiger partial charge in [0.05, 0.1) is 6.54 Å². The number of hydrogen-bond acceptors (Lipinski definition) is 3. The minimum Gasteiger partial charge on any atom is -0.309 e. The van der Waals surface area contributed by atoms with Gasteiger partial charge in [-0.25, -0.2) is 0 Å². The standard InChI is InChI=1S/C11H20N4/c1-11(2)10-14(7-5-12-11)8-9-15-6-3-4-13-15/h3-4,6,12H,5,7-10H2,1-2H3. The maximum Gasteiger partial charge on any atom is 0.0536 e. The first-order chi connectivity index (χ1) is 7.16. The molecule has 0 radical (unpaired) electrons. The first kappa shape index (κ1) is 10.6. The average molecular weight is 208 g/mol. The summed E-state index contributed by atoms with van der Waals surface area (Å²) in [4.78, 5) is 2.50. The van der Waals surface area contributed by atoms with Gasteiger partial charge in [0.15, 0.2) is 0 Å². The SMILES string of the molecule is CC1(C)CN(CCn2cccn2)CCN1. The van der Waals surface area contributed by atoms with Crippen molar-refractivity contribution in [3.8, 4) is 0 Å². The molecule has 2 rings (SSSR count). The van der Waals surface area contributed by atoms with Crippen LogP contribution in [0, 0.1) is 0 Å². The number of rotatable bonds is 3. The van der Waals surface area contributed by atoms with Crippen LogP contribution in [-0.2, 0) is 6.54 Å². The van der Waals surface area contributed by atoms with Gasteiger partial charge in [0.1, 0.15) is 0 Å². The normalized spacial score (nSPS) is 21.7. The van der Waals surface area contributed by atoms with Gasteiger partial charge in [-0.05, 0) is 19.9 Å². The quantitative estimate of drug-likeness (QED) is 0.788. The van der Waals surface area contributed by atoms with Gasteiger partial charge in [-0.1, -0.05) is 0 Å². The Morgan fingerprint density at radius 2 is 2.27 bits per heavy atom. The lowest BCUT2D eigenvalue weighted by Gasteiger charge is -2.39. The zero-order valence-electron chi connectivity index (χ0n) is 9.61. The minimum absolute atomic E-state index is 0.252. The Morgan fingerprint density at radius 1 is 1.40 bits per heavy atom. The van der Waals surface area contributed by atoms with Crippen LogP contribution in [0.2, 0.25) is 0 Å². The molecule has 84 valence electrons. The molecule has 0 unspecified atom stereocenters. The summed E-state index contributed by atoms with van der Waals surface area (Å²) in [6, 6.07) is 1.97. The van der Waals surface area contributed by atoms with Crippen molar-refractivity contribution in [3.05, 3.63) is 18.5 Å². The molecule has 1 aromatic rings. The van der Waals surface area contributed by atoms with Crippen LogP contribution in [0.3, 0.4) is 0 Å². The zero-order valence-corrected chi connectivity index (χ0v) is 9.61.